The Morgan fingerprint density at radius 2 is 0.562 bits per heavy atom. The van der Waals surface area contributed by atoms with E-state index in [0.29, 0.717) is 0 Å². The van der Waals surface area contributed by atoms with E-state index in [1.165, 1.54) is 0 Å². The Bertz CT molecular complexity index is 221. The average molecular weight is 420 g/mol. The molecule has 100 valence electrons. The van der Waals surface area contributed by atoms with Crippen LogP contribution in [0.2, 0.25) is 0 Å². The van der Waals surface area contributed by atoms with E-state index in [4.69, 9.17) is 35.0 Å². The topological polar surface area (TPSA) is 212 Å². The summed E-state index contributed by atoms with van der Waals surface area (Å²) in [5, 5.41) is 0. The smallest absolute Gasteiger partial charge is 0 e. The summed E-state index contributed by atoms with van der Waals surface area (Å²) in [7, 11) is -9.33. The quantitative estimate of drug-likeness (QED) is 0.220. The maximum absolute atomic E-state index is 8.74. The van der Waals surface area contributed by atoms with E-state index >= 15 is 0 Å². The van der Waals surface area contributed by atoms with Crippen molar-refractivity contribution in [1.82, 2.24) is 0 Å². The van der Waals surface area contributed by atoms with Gasteiger partial charge in [0, 0.05) is 34.7 Å². The Morgan fingerprint density at radius 1 is 0.562 bits per heavy atom. The zero-order valence-corrected chi connectivity index (χ0v) is 10.2. The molecule has 0 radical (unpaired) electrons. The van der Waals surface area contributed by atoms with E-state index < -0.39 is 20.8 Å². The molecule has 0 aromatic carbocycles. The van der Waals surface area contributed by atoms with Gasteiger partial charge in [0.15, 0.2) is 0 Å². The van der Waals surface area contributed by atoms with Gasteiger partial charge < -0.3 is 11.0 Å². The number of hydrogen-bond donors (Lipinski definition) is 4. The minimum Gasteiger partial charge on any atom is 0 e. The van der Waals surface area contributed by atoms with Gasteiger partial charge in [-0.25, -0.2) is 0 Å². The molecule has 0 aliphatic heterocycles. The monoisotopic (exact) mass is 420 g/mol. The maximum atomic E-state index is 8.74. The van der Waals surface area contributed by atoms with Crippen molar-refractivity contribution in [2.45, 2.75) is 0 Å². The summed E-state index contributed by atoms with van der Waals surface area (Å²) in [6, 6.07) is 0. The second-order valence-corrected chi connectivity index (χ2v) is 2.69. The van der Waals surface area contributed by atoms with Gasteiger partial charge >= 0.3 is 96.3 Å². The third kappa shape index (κ3) is 432. The third-order valence-electron chi connectivity index (χ3n) is 0. The van der Waals surface area contributed by atoms with Crippen molar-refractivity contribution in [3.05, 3.63) is 0 Å². The molecule has 8 N–H and O–H groups in total. The van der Waals surface area contributed by atoms with E-state index in [0.717, 1.165) is 0 Å². The van der Waals surface area contributed by atoms with Crippen molar-refractivity contribution in [1.29, 1.82) is 0 Å². The SMILES string of the molecule is O.O.O=S(=O)(O)O.O=S(=O)(O)O.[CaH2].[CaH2].[Cr].[Cr]. The van der Waals surface area contributed by atoms with Gasteiger partial charge in [0.05, 0.1) is 0 Å². The molecular formula is H12Ca2Cr2O10S2. The fraction of sp³-hybridized carbons (Fsp3) is 0. The Labute approximate surface area is 174 Å². The van der Waals surface area contributed by atoms with Crippen molar-refractivity contribution < 1.29 is 80.7 Å². The van der Waals surface area contributed by atoms with Gasteiger partial charge in [-0.15, -0.1) is 0 Å². The zero-order chi connectivity index (χ0) is 9.00. The van der Waals surface area contributed by atoms with Crippen LogP contribution in [0.25, 0.3) is 0 Å². The van der Waals surface area contributed by atoms with Crippen LogP contribution in [0, 0.1) is 0 Å². The van der Waals surface area contributed by atoms with Crippen molar-refractivity contribution in [2.24, 2.45) is 0 Å². The Hall–Kier alpha value is 3.24. The Balaban J connectivity index is -0.00000000970. The molecule has 0 aromatic heterocycles. The van der Waals surface area contributed by atoms with Gasteiger partial charge in [0.1, 0.15) is 0 Å². The van der Waals surface area contributed by atoms with Crippen LogP contribution >= 0.6 is 0 Å². The first-order valence-corrected chi connectivity index (χ1v) is 4.19. The molecule has 0 saturated heterocycles. The van der Waals surface area contributed by atoms with Crippen molar-refractivity contribution in [2.75, 3.05) is 0 Å². The Kier molecular flexibility index (Phi) is 73.9. The van der Waals surface area contributed by atoms with Crippen LogP contribution in [-0.4, -0.2) is 121 Å². The molecule has 0 heterocycles. The van der Waals surface area contributed by atoms with Gasteiger partial charge in [-0.2, -0.15) is 16.8 Å². The molecule has 0 rings (SSSR count). The van der Waals surface area contributed by atoms with E-state index in [9.17, 15) is 0 Å². The summed E-state index contributed by atoms with van der Waals surface area (Å²) in [4.78, 5) is 0. The van der Waals surface area contributed by atoms with Crippen LogP contribution in [0.15, 0.2) is 0 Å². The molecule has 0 atom stereocenters. The van der Waals surface area contributed by atoms with Crippen LogP contribution in [0.3, 0.4) is 0 Å². The van der Waals surface area contributed by atoms with Gasteiger partial charge in [0.2, 0.25) is 0 Å². The fourth-order valence-electron chi connectivity index (χ4n) is 0. The molecule has 0 unspecified atom stereocenters. The standard InChI is InChI=1S/2Ca.2Cr.2H2O4S.2H2O.4H/c;;;;2*1-5(2,3)4;;;;;;/h;;;;2*(H2,1,2,3,4);2*1H2;;;;. The van der Waals surface area contributed by atoms with Gasteiger partial charge in [-0.05, 0) is 0 Å². The van der Waals surface area contributed by atoms with Gasteiger partial charge in [-0.3, -0.25) is 18.2 Å². The zero-order valence-electron chi connectivity index (χ0n) is 6.05. The predicted molar refractivity (Wildman–Crippen MR) is 52.7 cm³/mol. The van der Waals surface area contributed by atoms with Crippen molar-refractivity contribution in [3.63, 3.8) is 0 Å². The first-order valence-electron chi connectivity index (χ1n) is 1.40. The molecule has 0 aromatic rings. The minimum absolute atomic E-state index is 0. The number of rotatable bonds is 0. The minimum atomic E-state index is -4.67. The van der Waals surface area contributed by atoms with E-state index in [-0.39, 0.29) is 121 Å². The second kappa shape index (κ2) is 23.3. The molecule has 0 aliphatic rings. The second-order valence-electron chi connectivity index (χ2n) is 0.896. The van der Waals surface area contributed by atoms with Gasteiger partial charge in [-0.1, -0.05) is 0 Å². The summed E-state index contributed by atoms with van der Waals surface area (Å²) in [6.07, 6.45) is 0. The van der Waals surface area contributed by atoms with Crippen LogP contribution in [0.5, 0.6) is 0 Å². The summed E-state index contributed by atoms with van der Waals surface area (Å²) in [6.45, 7) is 0. The molecule has 0 amide bonds. The molecule has 10 nitrogen and oxygen atoms in total. The van der Waals surface area contributed by atoms with E-state index in [2.05, 4.69) is 0 Å². The molecule has 0 spiro atoms. The molecule has 0 saturated carbocycles. The first-order chi connectivity index (χ1) is 4.00. The summed E-state index contributed by atoms with van der Waals surface area (Å²) in [5.41, 5.74) is 0. The van der Waals surface area contributed by atoms with Crippen LogP contribution in [0.4, 0.5) is 0 Å². The molecule has 0 fully saturated rings. The molecule has 16 heteroatoms. The summed E-state index contributed by atoms with van der Waals surface area (Å²) < 4.78 is 63.2. The van der Waals surface area contributed by atoms with Crippen LogP contribution < -0.4 is 0 Å². The fourth-order valence-corrected chi connectivity index (χ4v) is 0. The molecular weight excluding hydrogens is 408 g/mol. The normalized spacial score (nSPS) is 7.25. The van der Waals surface area contributed by atoms with E-state index in [1.54, 1.807) is 0 Å². The molecule has 0 aliphatic carbocycles. The maximum Gasteiger partial charge on any atom is 0 e. The average Bonchev–Trinajstić information content (AvgIpc) is 1.12. The van der Waals surface area contributed by atoms with Crippen LogP contribution in [0.1, 0.15) is 0 Å². The number of hydrogen-bond acceptors (Lipinski definition) is 4. The predicted octanol–water partition coefficient (Wildman–Crippen LogP) is -4.79. The Morgan fingerprint density at radius 3 is 0.562 bits per heavy atom. The summed E-state index contributed by atoms with van der Waals surface area (Å²) >= 11 is 0. The van der Waals surface area contributed by atoms with Crippen molar-refractivity contribution in [3.8, 4) is 0 Å². The molecule has 0 bridgehead atoms. The largest absolute Gasteiger partial charge is 0 e. The van der Waals surface area contributed by atoms with Crippen LogP contribution in [-0.2, 0) is 55.5 Å². The van der Waals surface area contributed by atoms with Crippen molar-refractivity contribution >= 4 is 96.3 Å². The third-order valence-corrected chi connectivity index (χ3v) is 0. The summed E-state index contributed by atoms with van der Waals surface area (Å²) in [5.74, 6) is 0. The van der Waals surface area contributed by atoms with Gasteiger partial charge in [0.25, 0.3) is 0 Å². The first kappa shape index (κ1) is 50.7. The van der Waals surface area contributed by atoms with E-state index in [1.807, 2.05) is 0 Å². The molecule has 16 heavy (non-hydrogen) atoms.